The van der Waals surface area contributed by atoms with Crippen LogP contribution in [0.25, 0.3) is 11.4 Å². The van der Waals surface area contributed by atoms with Crippen molar-refractivity contribution in [1.82, 2.24) is 14.8 Å². The first-order chi connectivity index (χ1) is 13.0. The minimum atomic E-state index is -0.288. The summed E-state index contributed by atoms with van der Waals surface area (Å²) in [6.07, 6.45) is 0. The molecule has 140 valence electrons. The molecule has 0 unspecified atom stereocenters. The van der Waals surface area contributed by atoms with Crippen LogP contribution in [0.5, 0.6) is 0 Å². The number of aryl methyl sites for hydroxylation is 2. The van der Waals surface area contributed by atoms with Crippen LogP contribution in [0.3, 0.4) is 0 Å². The Morgan fingerprint density at radius 2 is 1.89 bits per heavy atom. The minimum absolute atomic E-state index is 0.0427. The molecule has 1 atom stereocenters. The second-order valence-corrected chi connectivity index (χ2v) is 7.79. The summed E-state index contributed by atoms with van der Waals surface area (Å²) in [6.45, 7) is 8.73. The standard InChI is InChI=1S/C21H24N4OS/c1-5-25-19(17-9-7-6-8-10-17)23-24-21(25)27-16(4)20(26)22-18-12-11-14(2)13-15(18)3/h6-13,16H,5H2,1-4H3,(H,22,26)/t16-/m0/s1. The van der Waals surface area contributed by atoms with Gasteiger partial charge in [-0.3, -0.25) is 4.79 Å². The first-order valence-corrected chi connectivity index (χ1v) is 9.91. The van der Waals surface area contributed by atoms with Crippen molar-refractivity contribution < 1.29 is 4.79 Å². The van der Waals surface area contributed by atoms with Gasteiger partial charge in [0, 0.05) is 17.8 Å². The van der Waals surface area contributed by atoms with Gasteiger partial charge in [-0.15, -0.1) is 10.2 Å². The van der Waals surface area contributed by atoms with E-state index in [0.29, 0.717) is 0 Å². The fourth-order valence-electron chi connectivity index (χ4n) is 2.86. The number of hydrogen-bond donors (Lipinski definition) is 1. The normalized spacial score (nSPS) is 12.0. The van der Waals surface area contributed by atoms with Crippen LogP contribution in [0.15, 0.2) is 53.7 Å². The molecule has 5 nitrogen and oxygen atoms in total. The number of nitrogens with zero attached hydrogens (tertiary/aromatic N) is 3. The average molecular weight is 381 g/mol. The summed E-state index contributed by atoms with van der Waals surface area (Å²) < 4.78 is 2.04. The minimum Gasteiger partial charge on any atom is -0.325 e. The zero-order chi connectivity index (χ0) is 19.4. The highest BCUT2D eigenvalue weighted by molar-refractivity contribution is 8.00. The number of thioether (sulfide) groups is 1. The Bertz CT molecular complexity index is 937. The van der Waals surface area contributed by atoms with E-state index in [0.717, 1.165) is 34.3 Å². The maximum absolute atomic E-state index is 12.6. The molecule has 0 bridgehead atoms. The number of carbonyl (C=O) groups is 1. The summed E-state index contributed by atoms with van der Waals surface area (Å²) in [6, 6.07) is 16.0. The van der Waals surface area contributed by atoms with Gasteiger partial charge in [0.1, 0.15) is 0 Å². The molecular weight excluding hydrogens is 356 g/mol. The molecule has 0 aliphatic rings. The van der Waals surface area contributed by atoms with Gasteiger partial charge in [0.05, 0.1) is 5.25 Å². The fourth-order valence-corrected chi connectivity index (χ4v) is 3.77. The van der Waals surface area contributed by atoms with Gasteiger partial charge < -0.3 is 9.88 Å². The molecule has 6 heteroatoms. The van der Waals surface area contributed by atoms with E-state index in [9.17, 15) is 4.79 Å². The molecule has 0 radical (unpaired) electrons. The number of benzene rings is 2. The number of rotatable bonds is 6. The molecule has 3 aromatic rings. The highest BCUT2D eigenvalue weighted by Gasteiger charge is 2.20. The second-order valence-electron chi connectivity index (χ2n) is 6.48. The molecular formula is C21H24N4OS. The second kappa shape index (κ2) is 8.39. The van der Waals surface area contributed by atoms with Gasteiger partial charge in [-0.2, -0.15) is 0 Å². The molecule has 1 aromatic heterocycles. The van der Waals surface area contributed by atoms with E-state index in [4.69, 9.17) is 0 Å². The third kappa shape index (κ3) is 4.39. The molecule has 0 aliphatic heterocycles. The zero-order valence-electron chi connectivity index (χ0n) is 16.1. The lowest BCUT2D eigenvalue weighted by molar-refractivity contribution is -0.115. The summed E-state index contributed by atoms with van der Waals surface area (Å²) in [7, 11) is 0. The molecule has 27 heavy (non-hydrogen) atoms. The van der Waals surface area contributed by atoms with Crippen molar-refractivity contribution in [3.63, 3.8) is 0 Å². The Balaban J connectivity index is 1.75. The van der Waals surface area contributed by atoms with E-state index in [1.165, 1.54) is 17.3 Å². The smallest absolute Gasteiger partial charge is 0.237 e. The number of carbonyl (C=O) groups excluding carboxylic acids is 1. The van der Waals surface area contributed by atoms with Gasteiger partial charge in [-0.25, -0.2) is 0 Å². The largest absolute Gasteiger partial charge is 0.325 e. The van der Waals surface area contributed by atoms with Crippen LogP contribution in [-0.4, -0.2) is 25.9 Å². The maximum Gasteiger partial charge on any atom is 0.237 e. The summed E-state index contributed by atoms with van der Waals surface area (Å²) in [4.78, 5) is 12.6. The van der Waals surface area contributed by atoms with E-state index in [1.54, 1.807) is 0 Å². The molecule has 1 N–H and O–H groups in total. The van der Waals surface area contributed by atoms with Gasteiger partial charge in [0.15, 0.2) is 11.0 Å². The van der Waals surface area contributed by atoms with E-state index in [2.05, 4.69) is 28.5 Å². The molecule has 0 spiro atoms. The molecule has 3 rings (SSSR count). The molecule has 2 aromatic carbocycles. The van der Waals surface area contributed by atoms with Crippen molar-refractivity contribution in [1.29, 1.82) is 0 Å². The van der Waals surface area contributed by atoms with Crippen LogP contribution in [0.2, 0.25) is 0 Å². The third-order valence-corrected chi connectivity index (χ3v) is 5.44. The summed E-state index contributed by atoms with van der Waals surface area (Å²) in [5.41, 5.74) is 4.10. The summed E-state index contributed by atoms with van der Waals surface area (Å²) in [5.74, 6) is 0.779. The predicted molar refractivity (Wildman–Crippen MR) is 111 cm³/mol. The molecule has 0 aliphatic carbocycles. The van der Waals surface area contributed by atoms with Crippen LogP contribution in [0.1, 0.15) is 25.0 Å². The number of amides is 1. The average Bonchev–Trinajstić information content (AvgIpc) is 3.07. The predicted octanol–water partition coefficient (Wildman–Crippen LogP) is 4.70. The molecule has 0 saturated heterocycles. The monoisotopic (exact) mass is 380 g/mol. The highest BCUT2D eigenvalue weighted by Crippen LogP contribution is 2.27. The number of aromatic nitrogens is 3. The zero-order valence-corrected chi connectivity index (χ0v) is 16.9. The highest BCUT2D eigenvalue weighted by atomic mass is 32.2. The van der Waals surface area contributed by atoms with Gasteiger partial charge in [0.2, 0.25) is 5.91 Å². The van der Waals surface area contributed by atoms with Gasteiger partial charge in [0.25, 0.3) is 0 Å². The van der Waals surface area contributed by atoms with Crippen molar-refractivity contribution >= 4 is 23.4 Å². The van der Waals surface area contributed by atoms with Gasteiger partial charge in [-0.1, -0.05) is 59.8 Å². The lowest BCUT2D eigenvalue weighted by Gasteiger charge is -2.14. The Kier molecular flexibility index (Phi) is 5.96. The van der Waals surface area contributed by atoms with Crippen molar-refractivity contribution in [2.24, 2.45) is 0 Å². The van der Waals surface area contributed by atoms with E-state index in [-0.39, 0.29) is 11.2 Å². The van der Waals surface area contributed by atoms with E-state index >= 15 is 0 Å². The van der Waals surface area contributed by atoms with Gasteiger partial charge >= 0.3 is 0 Å². The molecule has 0 saturated carbocycles. The van der Waals surface area contributed by atoms with Crippen LogP contribution in [0, 0.1) is 13.8 Å². The Labute approximate surface area is 164 Å². The van der Waals surface area contributed by atoms with Crippen molar-refractivity contribution in [2.75, 3.05) is 5.32 Å². The SMILES string of the molecule is CCn1c(S[C@@H](C)C(=O)Nc2ccc(C)cc2C)nnc1-c1ccccc1. The van der Waals surface area contributed by atoms with Crippen LogP contribution in [-0.2, 0) is 11.3 Å². The number of nitrogens with one attached hydrogen (secondary N) is 1. The first kappa shape index (κ1) is 19.2. The van der Waals surface area contributed by atoms with Crippen molar-refractivity contribution in [2.45, 2.75) is 44.6 Å². The van der Waals surface area contributed by atoms with E-state index < -0.39 is 0 Å². The van der Waals surface area contributed by atoms with Crippen molar-refractivity contribution in [3.8, 4) is 11.4 Å². The van der Waals surface area contributed by atoms with Gasteiger partial charge in [-0.05, 0) is 39.3 Å². The van der Waals surface area contributed by atoms with Crippen LogP contribution in [0.4, 0.5) is 5.69 Å². The first-order valence-electron chi connectivity index (χ1n) is 9.03. The lowest BCUT2D eigenvalue weighted by Crippen LogP contribution is -2.23. The Hall–Kier alpha value is -2.60. The fraction of sp³-hybridized carbons (Fsp3) is 0.286. The number of hydrogen-bond acceptors (Lipinski definition) is 4. The molecule has 1 amide bonds. The quantitative estimate of drug-likeness (QED) is 0.630. The third-order valence-electron chi connectivity index (χ3n) is 4.36. The lowest BCUT2D eigenvalue weighted by atomic mass is 10.1. The molecule has 0 fully saturated rings. The summed E-state index contributed by atoms with van der Waals surface area (Å²) in [5, 5.41) is 12.1. The van der Waals surface area contributed by atoms with Crippen molar-refractivity contribution in [3.05, 3.63) is 59.7 Å². The van der Waals surface area contributed by atoms with E-state index in [1.807, 2.05) is 67.8 Å². The molecule has 1 heterocycles. The maximum atomic E-state index is 12.6. The number of anilines is 1. The Morgan fingerprint density at radius 1 is 1.15 bits per heavy atom. The van der Waals surface area contributed by atoms with Crippen LogP contribution < -0.4 is 5.32 Å². The Morgan fingerprint density at radius 3 is 2.56 bits per heavy atom. The van der Waals surface area contributed by atoms with Crippen LogP contribution >= 0.6 is 11.8 Å². The summed E-state index contributed by atoms with van der Waals surface area (Å²) >= 11 is 1.42. The topological polar surface area (TPSA) is 59.8 Å².